The molecule has 1 amide bonds. The lowest BCUT2D eigenvalue weighted by molar-refractivity contribution is -0.125. The average Bonchev–Trinajstić information content (AvgIpc) is 2.29. The zero-order chi connectivity index (χ0) is 11.8. The molecule has 2 unspecified atom stereocenters. The molecule has 4 nitrogen and oxygen atoms in total. The summed E-state index contributed by atoms with van der Waals surface area (Å²) in [7, 11) is 0. The summed E-state index contributed by atoms with van der Waals surface area (Å²) in [5.74, 6) is 1.08. The summed E-state index contributed by atoms with van der Waals surface area (Å²) in [5.41, 5.74) is 0. The lowest BCUT2D eigenvalue weighted by Crippen LogP contribution is -2.43. The summed E-state index contributed by atoms with van der Waals surface area (Å²) in [6.45, 7) is 4.48. The number of nitrogens with one attached hydrogen (secondary N) is 2. The van der Waals surface area contributed by atoms with E-state index >= 15 is 0 Å². The molecular formula is C11H22N2O2S. The second-order valence-electron chi connectivity index (χ2n) is 4.03. The topological polar surface area (TPSA) is 50.4 Å². The lowest BCUT2D eigenvalue weighted by atomic mass is 10.2. The van der Waals surface area contributed by atoms with Gasteiger partial charge < -0.3 is 15.4 Å². The van der Waals surface area contributed by atoms with Crippen molar-refractivity contribution in [2.24, 2.45) is 0 Å². The third kappa shape index (κ3) is 5.18. The molecule has 0 aromatic rings. The van der Waals surface area contributed by atoms with E-state index in [0.717, 1.165) is 25.3 Å². The molecule has 2 N–H and O–H groups in total. The van der Waals surface area contributed by atoms with Crippen molar-refractivity contribution in [1.82, 2.24) is 10.6 Å². The van der Waals surface area contributed by atoms with Gasteiger partial charge in [0.05, 0.1) is 19.1 Å². The van der Waals surface area contributed by atoms with Crippen LogP contribution < -0.4 is 10.6 Å². The van der Waals surface area contributed by atoms with Crippen molar-refractivity contribution in [3.05, 3.63) is 0 Å². The molecule has 1 fully saturated rings. The molecule has 1 rings (SSSR count). The van der Waals surface area contributed by atoms with Crippen LogP contribution in [0.15, 0.2) is 0 Å². The van der Waals surface area contributed by atoms with E-state index in [4.69, 9.17) is 4.74 Å². The maximum Gasteiger partial charge on any atom is 0.222 e. The van der Waals surface area contributed by atoms with Gasteiger partial charge in [-0.25, -0.2) is 0 Å². The molecule has 16 heavy (non-hydrogen) atoms. The third-order valence-corrected chi connectivity index (χ3v) is 3.38. The third-order valence-electron chi connectivity index (χ3n) is 2.64. The first-order valence-corrected chi connectivity index (χ1v) is 7.26. The number of ether oxygens (including phenoxy) is 1. The Hall–Kier alpha value is -0.260. The molecule has 1 aliphatic heterocycles. The van der Waals surface area contributed by atoms with E-state index in [1.807, 2.05) is 0 Å². The summed E-state index contributed by atoms with van der Waals surface area (Å²) in [6.07, 6.45) is 3.55. The highest BCUT2D eigenvalue weighted by molar-refractivity contribution is 7.98. The van der Waals surface area contributed by atoms with Crippen LogP contribution in [0.5, 0.6) is 0 Å². The fourth-order valence-electron chi connectivity index (χ4n) is 1.71. The summed E-state index contributed by atoms with van der Waals surface area (Å²) in [5, 5.41) is 6.27. The fraction of sp³-hybridized carbons (Fsp3) is 0.909. The van der Waals surface area contributed by atoms with Gasteiger partial charge in [-0.05, 0) is 12.7 Å². The molecule has 0 aliphatic carbocycles. The van der Waals surface area contributed by atoms with E-state index in [9.17, 15) is 4.79 Å². The Morgan fingerprint density at radius 1 is 1.69 bits per heavy atom. The number of carbonyl (C=O) groups is 1. The van der Waals surface area contributed by atoms with Crippen molar-refractivity contribution < 1.29 is 9.53 Å². The van der Waals surface area contributed by atoms with E-state index in [0.29, 0.717) is 19.1 Å². The Labute approximate surface area is 102 Å². The molecule has 0 bridgehead atoms. The van der Waals surface area contributed by atoms with Gasteiger partial charge in [0.15, 0.2) is 0 Å². The van der Waals surface area contributed by atoms with E-state index in [1.165, 1.54) is 0 Å². The molecule has 1 aliphatic rings. The zero-order valence-corrected chi connectivity index (χ0v) is 10.9. The van der Waals surface area contributed by atoms with Crippen LogP contribution in [-0.2, 0) is 9.53 Å². The Morgan fingerprint density at radius 2 is 2.50 bits per heavy atom. The minimum atomic E-state index is 0.0422. The van der Waals surface area contributed by atoms with Crippen molar-refractivity contribution in [2.75, 3.05) is 31.7 Å². The molecule has 1 heterocycles. The first kappa shape index (κ1) is 13.8. The zero-order valence-electron chi connectivity index (χ0n) is 10.1. The lowest BCUT2D eigenvalue weighted by Gasteiger charge is -2.24. The summed E-state index contributed by atoms with van der Waals surface area (Å²) in [6, 6.07) is 0.291. The van der Waals surface area contributed by atoms with Crippen molar-refractivity contribution in [3.8, 4) is 0 Å². The van der Waals surface area contributed by atoms with Gasteiger partial charge >= 0.3 is 0 Å². The van der Waals surface area contributed by atoms with Crippen LogP contribution in [0.4, 0.5) is 0 Å². The SMILES string of the molecule is CCC(CSC)NC(=O)CC1CNCCO1. The van der Waals surface area contributed by atoms with Crippen molar-refractivity contribution in [2.45, 2.75) is 31.9 Å². The van der Waals surface area contributed by atoms with Crippen LogP contribution in [0.1, 0.15) is 19.8 Å². The second-order valence-corrected chi connectivity index (χ2v) is 4.94. The monoisotopic (exact) mass is 246 g/mol. The number of hydrogen-bond acceptors (Lipinski definition) is 4. The number of rotatable bonds is 6. The van der Waals surface area contributed by atoms with Crippen LogP contribution in [0, 0.1) is 0 Å². The number of morpholine rings is 1. The molecule has 0 aromatic carbocycles. The maximum absolute atomic E-state index is 11.7. The quantitative estimate of drug-likeness (QED) is 0.721. The van der Waals surface area contributed by atoms with Gasteiger partial charge in [0.25, 0.3) is 0 Å². The van der Waals surface area contributed by atoms with Gasteiger partial charge in [-0.2, -0.15) is 11.8 Å². The van der Waals surface area contributed by atoms with E-state index < -0.39 is 0 Å². The van der Waals surface area contributed by atoms with Gasteiger partial charge in [-0.1, -0.05) is 6.92 Å². The summed E-state index contributed by atoms with van der Waals surface area (Å²) in [4.78, 5) is 11.7. The standard InChI is InChI=1S/C11H22N2O2S/c1-3-9(8-16-2)13-11(14)6-10-7-12-4-5-15-10/h9-10,12H,3-8H2,1-2H3,(H,13,14). The Kier molecular flexibility index (Phi) is 6.84. The molecule has 0 radical (unpaired) electrons. The Bertz CT molecular complexity index is 199. The van der Waals surface area contributed by atoms with Gasteiger partial charge in [0, 0.05) is 24.9 Å². The molecular weight excluding hydrogens is 224 g/mol. The number of thioether (sulfide) groups is 1. The van der Waals surface area contributed by atoms with Crippen molar-refractivity contribution in [1.29, 1.82) is 0 Å². The van der Waals surface area contributed by atoms with E-state index in [-0.39, 0.29) is 12.0 Å². The fourth-order valence-corrected chi connectivity index (χ4v) is 2.43. The predicted octanol–water partition coefficient (Wildman–Crippen LogP) is 0.623. The highest BCUT2D eigenvalue weighted by Gasteiger charge is 2.18. The van der Waals surface area contributed by atoms with Gasteiger partial charge in [-0.3, -0.25) is 4.79 Å². The Balaban J connectivity index is 2.22. The first-order chi connectivity index (χ1) is 7.76. The second kappa shape index (κ2) is 7.92. The minimum absolute atomic E-state index is 0.0422. The number of carbonyl (C=O) groups excluding carboxylic acids is 1. The molecule has 2 atom stereocenters. The summed E-state index contributed by atoms with van der Waals surface area (Å²) < 4.78 is 5.50. The highest BCUT2D eigenvalue weighted by Crippen LogP contribution is 2.04. The van der Waals surface area contributed by atoms with E-state index in [2.05, 4.69) is 23.8 Å². The molecule has 5 heteroatoms. The molecule has 0 saturated carbocycles. The highest BCUT2D eigenvalue weighted by atomic mass is 32.2. The van der Waals surface area contributed by atoms with Crippen LogP contribution >= 0.6 is 11.8 Å². The smallest absolute Gasteiger partial charge is 0.222 e. The van der Waals surface area contributed by atoms with Crippen LogP contribution in [0.3, 0.4) is 0 Å². The Morgan fingerprint density at radius 3 is 3.06 bits per heavy atom. The van der Waals surface area contributed by atoms with Gasteiger partial charge in [-0.15, -0.1) is 0 Å². The average molecular weight is 246 g/mol. The summed E-state index contributed by atoms with van der Waals surface area (Å²) >= 11 is 1.76. The van der Waals surface area contributed by atoms with Crippen LogP contribution in [-0.4, -0.2) is 49.8 Å². The first-order valence-electron chi connectivity index (χ1n) is 5.86. The molecule has 94 valence electrons. The molecule has 0 spiro atoms. The molecule has 1 saturated heterocycles. The number of hydrogen-bond donors (Lipinski definition) is 2. The largest absolute Gasteiger partial charge is 0.375 e. The van der Waals surface area contributed by atoms with Crippen molar-refractivity contribution in [3.63, 3.8) is 0 Å². The van der Waals surface area contributed by atoms with Crippen LogP contribution in [0.25, 0.3) is 0 Å². The van der Waals surface area contributed by atoms with E-state index in [1.54, 1.807) is 11.8 Å². The van der Waals surface area contributed by atoms with Gasteiger partial charge in [0.1, 0.15) is 0 Å². The van der Waals surface area contributed by atoms with Crippen molar-refractivity contribution >= 4 is 17.7 Å². The predicted molar refractivity (Wildman–Crippen MR) is 67.8 cm³/mol. The maximum atomic E-state index is 11.7. The normalized spacial score (nSPS) is 22.8. The number of amides is 1. The van der Waals surface area contributed by atoms with Gasteiger partial charge in [0.2, 0.25) is 5.91 Å². The van der Waals surface area contributed by atoms with Crippen LogP contribution in [0.2, 0.25) is 0 Å². The minimum Gasteiger partial charge on any atom is -0.375 e. The molecule has 0 aromatic heterocycles.